The second-order valence-corrected chi connectivity index (χ2v) is 21.7. The number of hydrogen-bond donors (Lipinski definition) is 0. The summed E-state index contributed by atoms with van der Waals surface area (Å²) in [5.74, 6) is 1.97. The van der Waals surface area contributed by atoms with Gasteiger partial charge in [0.2, 0.25) is 0 Å². The Kier molecular flexibility index (Phi) is 22.8. The van der Waals surface area contributed by atoms with Gasteiger partial charge in [-0.1, -0.05) is 181 Å². The van der Waals surface area contributed by atoms with Gasteiger partial charge in [-0.05, 0) is 95.4 Å². The van der Waals surface area contributed by atoms with Crippen molar-refractivity contribution >= 4 is 65.5 Å². The van der Waals surface area contributed by atoms with E-state index in [1.165, 1.54) is 218 Å². The number of benzene rings is 2. The van der Waals surface area contributed by atoms with Crippen LogP contribution in [0, 0.1) is 0 Å². The molecule has 6 aromatic rings. The minimum atomic E-state index is 0.807. The van der Waals surface area contributed by atoms with Gasteiger partial charge in [-0.25, -0.2) is 0 Å². The molecule has 6 rings (SSSR count). The highest BCUT2D eigenvalue weighted by Crippen LogP contribution is 2.53. The number of fused-ring (bicyclic) bond motifs is 2. The van der Waals surface area contributed by atoms with E-state index in [1.807, 2.05) is 45.3 Å². The Morgan fingerprint density at radius 1 is 0.323 bits per heavy atom. The molecule has 0 aliphatic heterocycles. The molecule has 62 heavy (non-hydrogen) atoms. The molecule has 0 fully saturated rings. The van der Waals surface area contributed by atoms with Crippen molar-refractivity contribution < 1.29 is 9.47 Å². The van der Waals surface area contributed by atoms with E-state index in [9.17, 15) is 0 Å². The van der Waals surface area contributed by atoms with E-state index in [4.69, 9.17) is 9.47 Å². The number of unbranched alkanes of at least 4 members (excludes halogenated alkanes) is 26. The first-order chi connectivity index (χ1) is 30.8. The normalized spacial score (nSPS) is 11.7. The fraction of sp³-hybridized carbons (Fsp3) is 0.571. The standard InChI is InChI=1S/C56H78O2S4/c1-3-5-7-9-11-13-15-17-19-21-23-25-27-29-41-57-47-35-31-45(32-36-47)51-49-39-43-60-54(49)56(61-51)55-50-40-44-59-53(50)52(62-55)46-33-37-48(38-34-46)58-42-30-28-26-24-22-20-18-16-14-12-10-8-6-4-2/h31-40,43-44H,3-30,41-42H2,1-2H3. The third-order valence-corrected chi connectivity index (χ3v) is 17.4. The topological polar surface area (TPSA) is 18.5 Å². The van der Waals surface area contributed by atoms with Crippen LogP contribution >= 0.6 is 45.3 Å². The Balaban J connectivity index is 0.912. The lowest BCUT2D eigenvalue weighted by Gasteiger charge is -2.07. The van der Waals surface area contributed by atoms with Crippen LogP contribution < -0.4 is 9.47 Å². The molecule has 0 aliphatic carbocycles. The van der Waals surface area contributed by atoms with Crippen LogP contribution in [-0.2, 0) is 0 Å². The molecular weight excluding hydrogens is 833 g/mol. The second-order valence-electron chi connectivity index (χ2n) is 17.8. The third-order valence-electron chi connectivity index (χ3n) is 12.6. The first-order valence-corrected chi connectivity index (χ1v) is 28.6. The van der Waals surface area contributed by atoms with E-state index >= 15 is 0 Å². The molecule has 4 heterocycles. The van der Waals surface area contributed by atoms with Gasteiger partial charge in [-0.15, -0.1) is 45.3 Å². The van der Waals surface area contributed by atoms with Gasteiger partial charge in [0, 0.05) is 15.6 Å². The highest BCUT2D eigenvalue weighted by molar-refractivity contribution is 7.33. The Morgan fingerprint density at radius 2 is 0.645 bits per heavy atom. The van der Waals surface area contributed by atoms with E-state index in [0.717, 1.165) is 37.6 Å². The van der Waals surface area contributed by atoms with Gasteiger partial charge in [0.25, 0.3) is 0 Å². The Morgan fingerprint density at radius 3 is 1.05 bits per heavy atom. The van der Waals surface area contributed by atoms with Gasteiger partial charge < -0.3 is 9.47 Å². The molecule has 6 heteroatoms. The zero-order chi connectivity index (χ0) is 42.9. The van der Waals surface area contributed by atoms with Crippen LogP contribution in [0.5, 0.6) is 11.5 Å². The molecule has 2 nitrogen and oxygen atoms in total. The summed E-state index contributed by atoms with van der Waals surface area (Å²) < 4.78 is 15.2. The molecule has 4 aromatic heterocycles. The van der Waals surface area contributed by atoms with Crippen molar-refractivity contribution in [2.75, 3.05) is 13.2 Å². The highest BCUT2D eigenvalue weighted by atomic mass is 32.1. The minimum Gasteiger partial charge on any atom is -0.494 e. The fourth-order valence-corrected chi connectivity index (χ4v) is 13.8. The average Bonchev–Trinajstić information content (AvgIpc) is 4.11. The van der Waals surface area contributed by atoms with Crippen LogP contribution in [0.25, 0.3) is 50.8 Å². The summed E-state index contributed by atoms with van der Waals surface area (Å²) in [5.41, 5.74) is 2.55. The van der Waals surface area contributed by atoms with E-state index < -0.39 is 0 Å². The molecule has 0 bridgehead atoms. The Labute approximate surface area is 392 Å². The summed E-state index contributed by atoms with van der Waals surface area (Å²) in [6.07, 6.45) is 38.6. The van der Waals surface area contributed by atoms with Crippen LogP contribution in [-0.4, -0.2) is 13.2 Å². The van der Waals surface area contributed by atoms with Gasteiger partial charge in [0.1, 0.15) is 11.5 Å². The molecule has 0 amide bonds. The predicted molar refractivity (Wildman–Crippen MR) is 281 cm³/mol. The van der Waals surface area contributed by atoms with Crippen molar-refractivity contribution in [3.05, 3.63) is 71.4 Å². The molecule has 0 saturated carbocycles. The predicted octanol–water partition coefficient (Wildman–Crippen LogP) is 21.0. The van der Waals surface area contributed by atoms with Gasteiger partial charge >= 0.3 is 0 Å². The maximum atomic E-state index is 6.20. The summed E-state index contributed by atoms with van der Waals surface area (Å²) in [6.45, 7) is 6.21. The maximum absolute atomic E-state index is 6.20. The molecule has 0 radical (unpaired) electrons. The number of thiophene rings is 4. The average molecular weight is 912 g/mol. The number of rotatable bonds is 35. The summed E-state index contributed by atoms with van der Waals surface area (Å²) in [7, 11) is 0. The minimum absolute atomic E-state index is 0.807. The number of hydrogen-bond acceptors (Lipinski definition) is 6. The van der Waals surface area contributed by atoms with E-state index in [1.54, 1.807) is 0 Å². The van der Waals surface area contributed by atoms with Gasteiger partial charge in [0.05, 0.1) is 37.2 Å². The van der Waals surface area contributed by atoms with E-state index in [2.05, 4.69) is 85.3 Å². The van der Waals surface area contributed by atoms with E-state index in [-0.39, 0.29) is 0 Å². The molecular formula is C56H78O2S4. The van der Waals surface area contributed by atoms with Crippen LogP contribution in [0.1, 0.15) is 194 Å². The van der Waals surface area contributed by atoms with Crippen molar-refractivity contribution in [1.82, 2.24) is 0 Å². The molecule has 0 N–H and O–H groups in total. The SMILES string of the molecule is CCCCCCCCCCCCCCCCOc1ccc(-c2sc(-c3sc(-c4ccc(OCCCCCCCCCCCCCCCC)cc4)c4sccc34)c3sccc23)cc1. The fourth-order valence-electron chi connectivity index (χ4n) is 8.84. The van der Waals surface area contributed by atoms with E-state index in [0.29, 0.717) is 0 Å². The van der Waals surface area contributed by atoms with Gasteiger partial charge in [-0.2, -0.15) is 0 Å². The molecule has 2 aromatic carbocycles. The first kappa shape index (κ1) is 48.8. The monoisotopic (exact) mass is 910 g/mol. The molecule has 0 spiro atoms. The lowest BCUT2D eigenvalue weighted by atomic mass is 10.0. The second kappa shape index (κ2) is 29.0. The quantitative estimate of drug-likeness (QED) is 0.0370. The summed E-state index contributed by atoms with van der Waals surface area (Å²) in [6, 6.07) is 22.4. The third kappa shape index (κ3) is 15.8. The van der Waals surface area contributed by atoms with Crippen molar-refractivity contribution in [3.8, 4) is 42.1 Å². The van der Waals surface area contributed by atoms with Crippen LogP contribution in [0.15, 0.2) is 71.4 Å². The van der Waals surface area contributed by atoms with Crippen LogP contribution in [0.3, 0.4) is 0 Å². The molecule has 0 saturated heterocycles. The lowest BCUT2D eigenvalue weighted by molar-refractivity contribution is 0.304. The van der Waals surface area contributed by atoms with Crippen molar-refractivity contribution in [1.29, 1.82) is 0 Å². The van der Waals surface area contributed by atoms with Crippen molar-refractivity contribution in [2.24, 2.45) is 0 Å². The molecule has 0 unspecified atom stereocenters. The zero-order valence-corrected chi connectivity index (χ0v) is 41.9. The first-order valence-electron chi connectivity index (χ1n) is 25.2. The van der Waals surface area contributed by atoms with Crippen LogP contribution in [0.4, 0.5) is 0 Å². The zero-order valence-electron chi connectivity index (χ0n) is 38.6. The highest BCUT2D eigenvalue weighted by Gasteiger charge is 2.22. The Bertz CT molecular complexity index is 1900. The summed E-state index contributed by atoms with van der Waals surface area (Å²) in [4.78, 5) is 5.51. The molecule has 0 atom stereocenters. The summed E-state index contributed by atoms with van der Waals surface area (Å²) >= 11 is 7.64. The molecule has 0 aliphatic rings. The largest absolute Gasteiger partial charge is 0.494 e. The molecule has 338 valence electrons. The van der Waals surface area contributed by atoms with Gasteiger partial charge in [-0.3, -0.25) is 0 Å². The Hall–Kier alpha value is -2.64. The smallest absolute Gasteiger partial charge is 0.119 e. The van der Waals surface area contributed by atoms with Crippen molar-refractivity contribution in [2.45, 2.75) is 194 Å². The van der Waals surface area contributed by atoms with Crippen molar-refractivity contribution in [3.63, 3.8) is 0 Å². The summed E-state index contributed by atoms with van der Waals surface area (Å²) in [5, 5.41) is 7.26. The lowest BCUT2D eigenvalue weighted by Crippen LogP contribution is -1.97. The van der Waals surface area contributed by atoms with Crippen LogP contribution in [0.2, 0.25) is 0 Å². The van der Waals surface area contributed by atoms with Gasteiger partial charge in [0.15, 0.2) is 0 Å². The maximum Gasteiger partial charge on any atom is 0.119 e. The number of ether oxygens (including phenoxy) is 2.